The molecule has 1 saturated heterocycles. The fourth-order valence-corrected chi connectivity index (χ4v) is 3.13. The molecular formula is C14H20N2. The van der Waals surface area contributed by atoms with Gasteiger partial charge in [0.15, 0.2) is 0 Å². The standard InChI is InChI=1S/C14H20N2/c1-2-6-12(7-3-1)10-13-11-15-14(16-13)8-4-5-9-14/h1-3,6-7,13,15-16H,4-5,8-11H2/t13-/m0/s1. The summed E-state index contributed by atoms with van der Waals surface area (Å²) < 4.78 is 0. The normalized spacial score (nSPS) is 27.6. The maximum atomic E-state index is 3.80. The van der Waals surface area contributed by atoms with Crippen molar-refractivity contribution in [2.45, 2.75) is 43.8 Å². The van der Waals surface area contributed by atoms with Crippen molar-refractivity contribution in [2.75, 3.05) is 6.54 Å². The molecule has 86 valence electrons. The molecule has 1 spiro atoms. The largest absolute Gasteiger partial charge is 0.298 e. The third-order valence-corrected chi connectivity index (χ3v) is 3.95. The minimum absolute atomic E-state index is 0.291. The first-order chi connectivity index (χ1) is 7.86. The molecule has 2 nitrogen and oxygen atoms in total. The van der Waals surface area contributed by atoms with E-state index in [1.807, 2.05) is 0 Å². The summed E-state index contributed by atoms with van der Waals surface area (Å²) in [5, 5.41) is 7.49. The van der Waals surface area contributed by atoms with Crippen molar-refractivity contribution in [3.8, 4) is 0 Å². The summed E-state index contributed by atoms with van der Waals surface area (Å²) in [5.74, 6) is 0. The molecule has 1 aromatic rings. The predicted molar refractivity (Wildman–Crippen MR) is 66.3 cm³/mol. The highest BCUT2D eigenvalue weighted by atomic mass is 15.3. The third kappa shape index (κ3) is 2.00. The molecule has 0 unspecified atom stereocenters. The SMILES string of the molecule is c1ccc(C[C@H]2CNC3(CCCC3)N2)cc1. The second-order valence-electron chi connectivity index (χ2n) is 5.20. The molecule has 0 bridgehead atoms. The van der Waals surface area contributed by atoms with Gasteiger partial charge in [0.05, 0.1) is 5.66 Å². The summed E-state index contributed by atoms with van der Waals surface area (Å²) in [6.07, 6.45) is 6.50. The number of rotatable bonds is 2. The Morgan fingerprint density at radius 3 is 2.62 bits per heavy atom. The maximum absolute atomic E-state index is 3.80. The van der Waals surface area contributed by atoms with Crippen LogP contribution in [-0.4, -0.2) is 18.2 Å². The van der Waals surface area contributed by atoms with Crippen molar-refractivity contribution in [2.24, 2.45) is 0 Å². The van der Waals surface area contributed by atoms with Crippen LogP contribution in [0.5, 0.6) is 0 Å². The van der Waals surface area contributed by atoms with Gasteiger partial charge in [-0.05, 0) is 24.8 Å². The Labute approximate surface area is 97.4 Å². The van der Waals surface area contributed by atoms with E-state index in [2.05, 4.69) is 41.0 Å². The van der Waals surface area contributed by atoms with Crippen LogP contribution in [0.25, 0.3) is 0 Å². The van der Waals surface area contributed by atoms with Gasteiger partial charge in [0.1, 0.15) is 0 Å². The number of hydrogen-bond acceptors (Lipinski definition) is 2. The Balaban J connectivity index is 1.62. The van der Waals surface area contributed by atoms with Gasteiger partial charge >= 0.3 is 0 Å². The molecule has 1 atom stereocenters. The molecule has 0 amide bonds. The second kappa shape index (κ2) is 4.19. The van der Waals surface area contributed by atoms with E-state index in [0.29, 0.717) is 11.7 Å². The van der Waals surface area contributed by atoms with Crippen molar-refractivity contribution in [3.05, 3.63) is 35.9 Å². The summed E-state index contributed by atoms with van der Waals surface area (Å²) in [6, 6.07) is 11.4. The van der Waals surface area contributed by atoms with Crippen LogP contribution in [-0.2, 0) is 6.42 Å². The zero-order valence-electron chi connectivity index (χ0n) is 9.71. The first kappa shape index (κ1) is 10.3. The molecule has 3 rings (SSSR count). The molecule has 2 aliphatic rings. The first-order valence-corrected chi connectivity index (χ1v) is 6.43. The lowest BCUT2D eigenvalue weighted by Gasteiger charge is -2.24. The minimum atomic E-state index is 0.291. The fraction of sp³-hybridized carbons (Fsp3) is 0.571. The van der Waals surface area contributed by atoms with Crippen LogP contribution < -0.4 is 10.6 Å². The van der Waals surface area contributed by atoms with Crippen LogP contribution in [0.3, 0.4) is 0 Å². The highest BCUT2D eigenvalue weighted by molar-refractivity contribution is 5.17. The average molecular weight is 216 g/mol. The van der Waals surface area contributed by atoms with Crippen LogP contribution in [0.2, 0.25) is 0 Å². The molecule has 1 aromatic carbocycles. The molecule has 1 aliphatic carbocycles. The quantitative estimate of drug-likeness (QED) is 0.790. The lowest BCUT2D eigenvalue weighted by Crippen LogP contribution is -2.47. The predicted octanol–water partition coefficient (Wildman–Crippen LogP) is 2.06. The van der Waals surface area contributed by atoms with E-state index in [1.165, 1.54) is 31.2 Å². The monoisotopic (exact) mass is 216 g/mol. The van der Waals surface area contributed by atoms with Crippen LogP contribution in [0.1, 0.15) is 31.2 Å². The molecular weight excluding hydrogens is 196 g/mol. The summed E-state index contributed by atoms with van der Waals surface area (Å²) in [4.78, 5) is 0. The van der Waals surface area contributed by atoms with Gasteiger partial charge in [0, 0.05) is 12.6 Å². The molecule has 0 aromatic heterocycles. The van der Waals surface area contributed by atoms with Crippen molar-refractivity contribution >= 4 is 0 Å². The zero-order chi connectivity index (χ0) is 10.8. The molecule has 16 heavy (non-hydrogen) atoms. The maximum Gasteiger partial charge on any atom is 0.0690 e. The van der Waals surface area contributed by atoms with E-state index in [1.54, 1.807) is 0 Å². The Hall–Kier alpha value is -0.860. The van der Waals surface area contributed by atoms with Gasteiger partial charge in [0.25, 0.3) is 0 Å². The van der Waals surface area contributed by atoms with Crippen LogP contribution >= 0.6 is 0 Å². The van der Waals surface area contributed by atoms with Gasteiger partial charge in [-0.25, -0.2) is 0 Å². The van der Waals surface area contributed by atoms with Gasteiger partial charge in [-0.2, -0.15) is 0 Å². The Morgan fingerprint density at radius 2 is 1.88 bits per heavy atom. The molecule has 0 radical (unpaired) electrons. The van der Waals surface area contributed by atoms with E-state index in [9.17, 15) is 0 Å². The van der Waals surface area contributed by atoms with Gasteiger partial charge in [0.2, 0.25) is 0 Å². The molecule has 1 heterocycles. The van der Waals surface area contributed by atoms with Crippen molar-refractivity contribution in [3.63, 3.8) is 0 Å². The molecule has 2 heteroatoms. The molecule has 2 fully saturated rings. The summed E-state index contributed by atoms with van der Waals surface area (Å²) in [6.45, 7) is 1.12. The van der Waals surface area contributed by atoms with E-state index in [-0.39, 0.29) is 0 Å². The first-order valence-electron chi connectivity index (χ1n) is 6.43. The summed E-state index contributed by atoms with van der Waals surface area (Å²) in [7, 11) is 0. The molecule has 1 aliphatic heterocycles. The van der Waals surface area contributed by atoms with Crippen molar-refractivity contribution in [1.29, 1.82) is 0 Å². The zero-order valence-corrected chi connectivity index (χ0v) is 9.71. The molecule has 2 N–H and O–H groups in total. The Morgan fingerprint density at radius 1 is 1.12 bits per heavy atom. The Kier molecular flexibility index (Phi) is 2.70. The van der Waals surface area contributed by atoms with Crippen LogP contribution in [0.4, 0.5) is 0 Å². The van der Waals surface area contributed by atoms with Gasteiger partial charge in [-0.15, -0.1) is 0 Å². The Bertz CT molecular complexity index is 341. The van der Waals surface area contributed by atoms with Crippen LogP contribution in [0, 0.1) is 0 Å². The van der Waals surface area contributed by atoms with Gasteiger partial charge < -0.3 is 0 Å². The summed E-state index contributed by atoms with van der Waals surface area (Å²) in [5.41, 5.74) is 1.73. The lowest BCUT2D eigenvalue weighted by molar-refractivity contribution is 0.331. The van der Waals surface area contributed by atoms with E-state index in [4.69, 9.17) is 0 Å². The van der Waals surface area contributed by atoms with Crippen molar-refractivity contribution < 1.29 is 0 Å². The highest BCUT2D eigenvalue weighted by Gasteiger charge is 2.39. The number of hydrogen-bond donors (Lipinski definition) is 2. The third-order valence-electron chi connectivity index (χ3n) is 3.95. The van der Waals surface area contributed by atoms with E-state index >= 15 is 0 Å². The summed E-state index contributed by atoms with van der Waals surface area (Å²) >= 11 is 0. The topological polar surface area (TPSA) is 24.1 Å². The highest BCUT2D eigenvalue weighted by Crippen LogP contribution is 2.30. The molecule has 1 saturated carbocycles. The van der Waals surface area contributed by atoms with Gasteiger partial charge in [-0.1, -0.05) is 43.2 Å². The number of benzene rings is 1. The smallest absolute Gasteiger partial charge is 0.0690 e. The fourth-order valence-electron chi connectivity index (χ4n) is 3.13. The van der Waals surface area contributed by atoms with Crippen molar-refractivity contribution in [1.82, 2.24) is 10.6 Å². The van der Waals surface area contributed by atoms with Gasteiger partial charge in [-0.3, -0.25) is 10.6 Å². The average Bonchev–Trinajstić information content (AvgIpc) is 2.92. The number of nitrogens with one attached hydrogen (secondary N) is 2. The van der Waals surface area contributed by atoms with E-state index in [0.717, 1.165) is 13.0 Å². The minimum Gasteiger partial charge on any atom is -0.298 e. The van der Waals surface area contributed by atoms with Crippen LogP contribution in [0.15, 0.2) is 30.3 Å². The van der Waals surface area contributed by atoms with E-state index < -0.39 is 0 Å². The second-order valence-corrected chi connectivity index (χ2v) is 5.20. The lowest BCUT2D eigenvalue weighted by atomic mass is 10.1.